The van der Waals surface area contributed by atoms with Crippen molar-refractivity contribution in [3.63, 3.8) is 0 Å². The Morgan fingerprint density at radius 1 is 1.14 bits per heavy atom. The summed E-state index contributed by atoms with van der Waals surface area (Å²) in [4.78, 5) is 21.8. The Labute approximate surface area is 179 Å². The van der Waals surface area contributed by atoms with Crippen LogP contribution in [0.1, 0.15) is 31.9 Å². The predicted octanol–water partition coefficient (Wildman–Crippen LogP) is 4.24. The maximum Gasteiger partial charge on any atom is 0.179 e. The van der Waals surface area contributed by atoms with Crippen LogP contribution < -0.4 is 10.6 Å². The number of nitrogens with two attached hydrogens (primary N) is 1. The van der Waals surface area contributed by atoms with Gasteiger partial charge in [-0.2, -0.15) is 0 Å². The van der Waals surface area contributed by atoms with Gasteiger partial charge in [-0.25, -0.2) is 15.0 Å². The average molecular weight is 427 g/mol. The lowest BCUT2D eigenvalue weighted by Crippen LogP contribution is -2.48. The summed E-state index contributed by atoms with van der Waals surface area (Å²) in [5.74, 6) is 1.58. The minimum Gasteiger partial charge on any atom is -0.349 e. The summed E-state index contributed by atoms with van der Waals surface area (Å²) < 4.78 is 0. The van der Waals surface area contributed by atoms with Crippen LogP contribution >= 0.6 is 23.4 Å². The molecule has 6 nitrogen and oxygen atoms in total. The summed E-state index contributed by atoms with van der Waals surface area (Å²) in [7, 11) is 0. The zero-order chi connectivity index (χ0) is 20.1. The highest BCUT2D eigenvalue weighted by Gasteiger charge is 2.44. The quantitative estimate of drug-likeness (QED) is 0.670. The van der Waals surface area contributed by atoms with E-state index in [2.05, 4.69) is 26.8 Å². The largest absolute Gasteiger partial charge is 0.349 e. The fraction of sp³-hybridized carbons (Fsp3) is 0.429. The zero-order valence-corrected chi connectivity index (χ0v) is 18.0. The van der Waals surface area contributed by atoms with E-state index >= 15 is 0 Å². The van der Waals surface area contributed by atoms with Crippen LogP contribution in [0.3, 0.4) is 0 Å². The van der Waals surface area contributed by atoms with Crippen LogP contribution in [-0.2, 0) is 0 Å². The van der Waals surface area contributed by atoms with Crippen LogP contribution in [0, 0.1) is 12.8 Å². The maximum atomic E-state index is 6.37. The van der Waals surface area contributed by atoms with Gasteiger partial charge in [0, 0.05) is 29.2 Å². The van der Waals surface area contributed by atoms with Gasteiger partial charge in [-0.3, -0.25) is 4.98 Å². The zero-order valence-electron chi connectivity index (χ0n) is 16.4. The Bertz CT molecular complexity index is 1070. The highest BCUT2D eigenvalue weighted by atomic mass is 35.5. The van der Waals surface area contributed by atoms with Crippen molar-refractivity contribution in [3.8, 4) is 0 Å². The maximum absolute atomic E-state index is 6.37. The van der Waals surface area contributed by atoms with E-state index < -0.39 is 0 Å². The second-order valence-electron chi connectivity index (χ2n) is 8.10. The number of hydrogen-bond acceptors (Lipinski definition) is 7. The Hall–Kier alpha value is -1.96. The second kappa shape index (κ2) is 7.38. The van der Waals surface area contributed by atoms with Crippen molar-refractivity contribution in [1.29, 1.82) is 0 Å². The molecule has 5 heterocycles. The Morgan fingerprint density at radius 3 is 2.83 bits per heavy atom. The van der Waals surface area contributed by atoms with Crippen molar-refractivity contribution in [2.75, 3.05) is 4.90 Å². The van der Waals surface area contributed by atoms with Gasteiger partial charge in [0.05, 0.1) is 16.9 Å². The van der Waals surface area contributed by atoms with Crippen LogP contribution in [0.4, 0.5) is 5.82 Å². The van der Waals surface area contributed by atoms with Gasteiger partial charge < -0.3 is 10.6 Å². The molecule has 2 aliphatic rings. The number of anilines is 1. The normalized spacial score (nSPS) is 26.3. The van der Waals surface area contributed by atoms with Crippen molar-refractivity contribution in [2.24, 2.45) is 11.7 Å². The van der Waals surface area contributed by atoms with Gasteiger partial charge in [0.1, 0.15) is 16.4 Å². The lowest BCUT2D eigenvalue weighted by atomic mass is 9.96. The van der Waals surface area contributed by atoms with Crippen LogP contribution in [-0.4, -0.2) is 38.1 Å². The first-order valence-corrected chi connectivity index (χ1v) is 11.2. The highest BCUT2D eigenvalue weighted by molar-refractivity contribution is 7.99. The first kappa shape index (κ1) is 19.0. The minimum atomic E-state index is 0.296. The smallest absolute Gasteiger partial charge is 0.179 e. The molecule has 3 aromatic heterocycles. The number of rotatable bonds is 3. The molecule has 0 aromatic carbocycles. The number of piperidine rings is 1. The van der Waals surface area contributed by atoms with Crippen molar-refractivity contribution < 1.29 is 0 Å². The number of fused-ring (bicyclic) bond motifs is 3. The molecule has 2 saturated heterocycles. The van der Waals surface area contributed by atoms with E-state index in [1.54, 1.807) is 6.20 Å². The van der Waals surface area contributed by atoms with E-state index in [1.807, 2.05) is 31.3 Å². The summed E-state index contributed by atoms with van der Waals surface area (Å²) in [6.07, 6.45) is 6.86. The van der Waals surface area contributed by atoms with Crippen LogP contribution in [0.2, 0.25) is 5.02 Å². The molecule has 2 unspecified atom stereocenters. The standard InChI is InChI=1S/C21H23ClN6S/c1-11-7-14-8-13(23)9-16(11)28(14)18-10-25-21-15(26-18)3-4-19(27-21)29-17-5-6-24-12(2)20(17)22/h3-6,10-11,13-14,16H,7-9,23H2,1-2H3/t11-,13?,14-,16?/m0/s1. The molecular formula is C21H23ClN6S. The SMILES string of the molecule is Cc1nccc(Sc2ccc3nc(N4C5CC(N)C[C@@H]4C[C@@H]5C)cnc3n2)c1Cl. The number of aryl methyl sites for hydroxylation is 1. The molecule has 0 spiro atoms. The summed E-state index contributed by atoms with van der Waals surface area (Å²) in [6.45, 7) is 4.22. The molecule has 3 aromatic rings. The molecule has 29 heavy (non-hydrogen) atoms. The van der Waals surface area contributed by atoms with E-state index in [9.17, 15) is 0 Å². The number of halogens is 1. The number of pyridine rings is 2. The van der Waals surface area contributed by atoms with Gasteiger partial charge in [-0.1, -0.05) is 30.3 Å². The van der Waals surface area contributed by atoms with Crippen LogP contribution in [0.15, 0.2) is 40.5 Å². The van der Waals surface area contributed by atoms with Gasteiger partial charge in [0.25, 0.3) is 0 Å². The third-order valence-electron chi connectivity index (χ3n) is 6.04. The van der Waals surface area contributed by atoms with E-state index in [-0.39, 0.29) is 0 Å². The monoisotopic (exact) mass is 426 g/mol. The van der Waals surface area contributed by atoms with Gasteiger partial charge in [0.2, 0.25) is 0 Å². The van der Waals surface area contributed by atoms with Crippen LogP contribution in [0.5, 0.6) is 0 Å². The van der Waals surface area contributed by atoms with Crippen LogP contribution in [0.25, 0.3) is 11.2 Å². The summed E-state index contributed by atoms with van der Waals surface area (Å²) in [5.41, 5.74) is 8.53. The lowest BCUT2D eigenvalue weighted by Gasteiger charge is -2.39. The first-order chi connectivity index (χ1) is 14.0. The Kier molecular flexibility index (Phi) is 4.84. The molecule has 8 heteroatoms. The van der Waals surface area contributed by atoms with E-state index in [4.69, 9.17) is 22.3 Å². The van der Waals surface area contributed by atoms with E-state index in [0.29, 0.717) is 34.7 Å². The Morgan fingerprint density at radius 2 is 2.00 bits per heavy atom. The van der Waals surface area contributed by atoms with Crippen molar-refractivity contribution in [2.45, 2.75) is 61.2 Å². The molecule has 0 saturated carbocycles. The molecule has 2 fully saturated rings. The topological polar surface area (TPSA) is 80.8 Å². The summed E-state index contributed by atoms with van der Waals surface area (Å²) >= 11 is 7.88. The molecule has 2 bridgehead atoms. The molecule has 2 N–H and O–H groups in total. The average Bonchev–Trinajstić information content (AvgIpc) is 2.91. The predicted molar refractivity (Wildman–Crippen MR) is 116 cm³/mol. The summed E-state index contributed by atoms with van der Waals surface area (Å²) in [5, 5.41) is 1.50. The highest BCUT2D eigenvalue weighted by Crippen LogP contribution is 2.41. The molecule has 0 amide bonds. The third-order valence-corrected chi connectivity index (χ3v) is 7.63. The van der Waals surface area contributed by atoms with Gasteiger partial charge in [-0.15, -0.1) is 0 Å². The second-order valence-corrected chi connectivity index (χ2v) is 9.54. The molecule has 150 valence electrons. The van der Waals surface area contributed by atoms with Gasteiger partial charge in [0.15, 0.2) is 5.65 Å². The first-order valence-electron chi connectivity index (χ1n) is 9.96. The van der Waals surface area contributed by atoms with Gasteiger partial charge >= 0.3 is 0 Å². The van der Waals surface area contributed by atoms with Crippen molar-refractivity contribution in [1.82, 2.24) is 19.9 Å². The fourth-order valence-corrected chi connectivity index (χ4v) is 5.78. The fourth-order valence-electron chi connectivity index (χ4n) is 4.69. The molecule has 0 radical (unpaired) electrons. The van der Waals surface area contributed by atoms with Gasteiger partial charge in [-0.05, 0) is 50.3 Å². The summed E-state index contributed by atoms with van der Waals surface area (Å²) in [6, 6.07) is 7.08. The molecular weight excluding hydrogens is 404 g/mol. The molecule has 4 atom stereocenters. The minimum absolute atomic E-state index is 0.296. The third kappa shape index (κ3) is 3.45. The molecule has 2 aliphatic heterocycles. The van der Waals surface area contributed by atoms with Crippen molar-refractivity contribution >= 4 is 40.3 Å². The van der Waals surface area contributed by atoms with E-state index in [0.717, 1.165) is 39.8 Å². The number of hydrogen-bond donors (Lipinski definition) is 1. The lowest BCUT2D eigenvalue weighted by molar-refractivity contribution is 0.393. The van der Waals surface area contributed by atoms with Crippen molar-refractivity contribution in [3.05, 3.63) is 41.3 Å². The molecule has 5 rings (SSSR count). The van der Waals surface area contributed by atoms with E-state index in [1.165, 1.54) is 18.2 Å². The molecule has 0 aliphatic carbocycles. The number of aromatic nitrogens is 4. The number of nitrogens with zero attached hydrogens (tertiary/aromatic N) is 5. The Balaban J connectivity index is 1.44.